The molecule has 2 aromatic rings. The van der Waals surface area contributed by atoms with E-state index >= 15 is 0 Å². The van der Waals surface area contributed by atoms with Crippen molar-refractivity contribution in [1.29, 1.82) is 0 Å². The topological polar surface area (TPSA) is 83.9 Å². The summed E-state index contributed by atoms with van der Waals surface area (Å²) in [6, 6.07) is 15.9. The Kier molecular flexibility index (Phi) is 11.5. The standard InChI is InChI=1S/C29H39NO5/c1-29(2,3)35-28(34)30(21-19-26(32)22-23-15-17-25(31)18-16-23)20-11-6-4-5-10-14-27(33)24-12-8-7-9-13-24/h7-9,12-13,15-18,31H,4-6,10-11,14,19-22H2,1-3H3. The molecule has 190 valence electrons. The Labute approximate surface area is 209 Å². The second kappa shape index (κ2) is 14.3. The number of unbranched alkanes of at least 4 members (excludes halogenated alkanes) is 4. The molecule has 2 rings (SSSR count). The van der Waals surface area contributed by atoms with Gasteiger partial charge in [-0.2, -0.15) is 0 Å². The molecule has 0 bridgehead atoms. The number of carbonyl (C=O) groups excluding carboxylic acids is 3. The monoisotopic (exact) mass is 481 g/mol. The number of hydrogen-bond acceptors (Lipinski definition) is 5. The molecule has 0 aliphatic heterocycles. The zero-order valence-corrected chi connectivity index (χ0v) is 21.3. The molecule has 6 heteroatoms. The lowest BCUT2D eigenvalue weighted by atomic mass is 10.0. The summed E-state index contributed by atoms with van der Waals surface area (Å²) < 4.78 is 5.54. The highest BCUT2D eigenvalue weighted by Gasteiger charge is 2.22. The fourth-order valence-corrected chi connectivity index (χ4v) is 3.70. The number of amides is 1. The molecule has 6 nitrogen and oxygen atoms in total. The number of phenols is 1. The van der Waals surface area contributed by atoms with Crippen LogP contribution < -0.4 is 0 Å². The lowest BCUT2D eigenvalue weighted by molar-refractivity contribution is -0.118. The van der Waals surface area contributed by atoms with E-state index in [1.165, 1.54) is 0 Å². The van der Waals surface area contributed by atoms with Gasteiger partial charge in [0.25, 0.3) is 0 Å². The maximum absolute atomic E-state index is 12.7. The molecule has 0 aromatic heterocycles. The predicted molar refractivity (Wildman–Crippen MR) is 138 cm³/mol. The number of ketones is 2. The molecule has 0 saturated carbocycles. The van der Waals surface area contributed by atoms with E-state index < -0.39 is 11.7 Å². The molecular weight excluding hydrogens is 442 g/mol. The first-order valence-electron chi connectivity index (χ1n) is 12.5. The quantitative estimate of drug-likeness (QED) is 0.251. The molecule has 2 aromatic carbocycles. The Hall–Kier alpha value is -3.15. The Morgan fingerprint density at radius 1 is 0.800 bits per heavy atom. The van der Waals surface area contributed by atoms with Crippen LogP contribution in [-0.2, 0) is 16.0 Å². The fraction of sp³-hybridized carbons (Fsp3) is 0.483. The summed E-state index contributed by atoms with van der Waals surface area (Å²) in [7, 11) is 0. The van der Waals surface area contributed by atoms with Crippen molar-refractivity contribution >= 4 is 17.7 Å². The summed E-state index contributed by atoms with van der Waals surface area (Å²) in [6.07, 6.45) is 5.25. The smallest absolute Gasteiger partial charge is 0.410 e. The number of carbonyl (C=O) groups is 3. The number of benzene rings is 2. The SMILES string of the molecule is CC(C)(C)OC(=O)N(CCCCCCCC(=O)c1ccccc1)CCC(=O)Cc1ccc(O)cc1. The third-order valence-electron chi connectivity index (χ3n) is 5.58. The summed E-state index contributed by atoms with van der Waals surface area (Å²) in [5.41, 5.74) is 0.999. The van der Waals surface area contributed by atoms with E-state index in [0.29, 0.717) is 19.5 Å². The average Bonchev–Trinajstić information content (AvgIpc) is 2.81. The first kappa shape index (κ1) is 28.1. The molecule has 0 spiro atoms. The van der Waals surface area contributed by atoms with Gasteiger partial charge in [0.15, 0.2) is 5.78 Å². The number of Topliss-reactive ketones (excluding diaryl/α,β-unsaturated/α-hetero) is 2. The Balaban J connectivity index is 1.73. The van der Waals surface area contributed by atoms with Gasteiger partial charge in [0.05, 0.1) is 0 Å². The number of hydrogen-bond donors (Lipinski definition) is 1. The maximum atomic E-state index is 12.7. The van der Waals surface area contributed by atoms with Crippen LogP contribution in [0.15, 0.2) is 54.6 Å². The minimum absolute atomic E-state index is 0.0346. The number of ether oxygens (including phenoxy) is 1. The molecule has 0 fully saturated rings. The van der Waals surface area contributed by atoms with Crippen LogP contribution in [0.1, 0.15) is 81.6 Å². The van der Waals surface area contributed by atoms with Crippen LogP contribution in [0.3, 0.4) is 0 Å². The van der Waals surface area contributed by atoms with Crippen LogP contribution in [0.5, 0.6) is 5.75 Å². The van der Waals surface area contributed by atoms with Crippen molar-refractivity contribution in [3.8, 4) is 5.75 Å². The molecule has 0 atom stereocenters. The van der Waals surface area contributed by atoms with E-state index in [2.05, 4.69) is 0 Å². The minimum atomic E-state index is -0.601. The lowest BCUT2D eigenvalue weighted by Gasteiger charge is -2.27. The number of phenolic OH excluding ortho intramolecular Hbond substituents is 1. The van der Waals surface area contributed by atoms with E-state index in [-0.39, 0.29) is 30.2 Å². The highest BCUT2D eigenvalue weighted by Crippen LogP contribution is 2.15. The molecule has 1 N–H and O–H groups in total. The average molecular weight is 482 g/mol. The molecule has 0 saturated heterocycles. The van der Waals surface area contributed by atoms with Crippen LogP contribution in [-0.4, -0.2) is 46.4 Å². The summed E-state index contributed by atoms with van der Waals surface area (Å²) >= 11 is 0. The van der Waals surface area contributed by atoms with E-state index in [1.54, 1.807) is 29.2 Å². The summed E-state index contributed by atoms with van der Waals surface area (Å²) in [4.78, 5) is 38.9. The number of rotatable bonds is 14. The van der Waals surface area contributed by atoms with Gasteiger partial charge in [0.1, 0.15) is 17.1 Å². The molecule has 0 radical (unpaired) electrons. The van der Waals surface area contributed by atoms with Gasteiger partial charge >= 0.3 is 6.09 Å². The predicted octanol–water partition coefficient (Wildman–Crippen LogP) is 6.35. The normalized spacial score (nSPS) is 11.2. The van der Waals surface area contributed by atoms with Crippen LogP contribution in [0.4, 0.5) is 4.79 Å². The summed E-state index contributed by atoms with van der Waals surface area (Å²) in [6.45, 7) is 6.34. The van der Waals surface area contributed by atoms with Crippen molar-refractivity contribution in [2.45, 2.75) is 77.7 Å². The van der Waals surface area contributed by atoms with Gasteiger partial charge in [-0.1, -0.05) is 61.7 Å². The molecule has 1 amide bonds. The Morgan fingerprint density at radius 3 is 2.09 bits per heavy atom. The van der Waals surface area contributed by atoms with Crippen molar-refractivity contribution in [2.24, 2.45) is 0 Å². The highest BCUT2D eigenvalue weighted by molar-refractivity contribution is 5.95. The second-order valence-electron chi connectivity index (χ2n) is 9.91. The van der Waals surface area contributed by atoms with Crippen LogP contribution in [0.2, 0.25) is 0 Å². The molecule has 35 heavy (non-hydrogen) atoms. The first-order chi connectivity index (χ1) is 16.6. The number of nitrogens with zero attached hydrogens (tertiary/aromatic N) is 1. The summed E-state index contributed by atoms with van der Waals surface area (Å²) in [5.74, 6) is 0.381. The number of aromatic hydroxyl groups is 1. The molecule has 0 aliphatic rings. The van der Waals surface area contributed by atoms with Gasteiger partial charge in [-0.3, -0.25) is 9.59 Å². The largest absolute Gasteiger partial charge is 0.508 e. The van der Waals surface area contributed by atoms with E-state index in [1.807, 2.05) is 51.1 Å². The summed E-state index contributed by atoms with van der Waals surface area (Å²) in [5, 5.41) is 9.38. The third kappa shape index (κ3) is 11.7. The lowest BCUT2D eigenvalue weighted by Crippen LogP contribution is -2.38. The Bertz CT molecular complexity index is 932. The molecule has 0 unspecified atom stereocenters. The first-order valence-corrected chi connectivity index (χ1v) is 12.5. The van der Waals surface area contributed by atoms with Crippen molar-refractivity contribution < 1.29 is 24.2 Å². The zero-order chi connectivity index (χ0) is 25.7. The van der Waals surface area contributed by atoms with E-state index in [9.17, 15) is 19.5 Å². The minimum Gasteiger partial charge on any atom is -0.508 e. The van der Waals surface area contributed by atoms with Gasteiger partial charge in [0, 0.05) is 37.9 Å². The Morgan fingerprint density at radius 2 is 1.43 bits per heavy atom. The van der Waals surface area contributed by atoms with E-state index in [4.69, 9.17) is 4.74 Å². The zero-order valence-electron chi connectivity index (χ0n) is 21.3. The highest BCUT2D eigenvalue weighted by atomic mass is 16.6. The van der Waals surface area contributed by atoms with Crippen molar-refractivity contribution in [3.05, 3.63) is 65.7 Å². The fourth-order valence-electron chi connectivity index (χ4n) is 3.70. The molecule has 0 aliphatic carbocycles. The van der Waals surface area contributed by atoms with Crippen molar-refractivity contribution in [1.82, 2.24) is 4.90 Å². The van der Waals surface area contributed by atoms with Gasteiger partial charge in [-0.15, -0.1) is 0 Å². The van der Waals surface area contributed by atoms with Crippen LogP contribution >= 0.6 is 0 Å². The van der Waals surface area contributed by atoms with Crippen LogP contribution in [0, 0.1) is 0 Å². The maximum Gasteiger partial charge on any atom is 0.410 e. The molecule has 0 heterocycles. The van der Waals surface area contributed by atoms with E-state index in [0.717, 1.165) is 43.2 Å². The molecular formula is C29H39NO5. The van der Waals surface area contributed by atoms with Gasteiger partial charge in [-0.05, 0) is 51.3 Å². The van der Waals surface area contributed by atoms with Gasteiger partial charge in [-0.25, -0.2) is 4.79 Å². The van der Waals surface area contributed by atoms with Crippen molar-refractivity contribution in [2.75, 3.05) is 13.1 Å². The third-order valence-corrected chi connectivity index (χ3v) is 5.58. The van der Waals surface area contributed by atoms with Gasteiger partial charge < -0.3 is 14.7 Å². The van der Waals surface area contributed by atoms with Crippen molar-refractivity contribution in [3.63, 3.8) is 0 Å². The second-order valence-corrected chi connectivity index (χ2v) is 9.91. The van der Waals surface area contributed by atoms with Crippen LogP contribution in [0.25, 0.3) is 0 Å². The van der Waals surface area contributed by atoms with Gasteiger partial charge in [0.2, 0.25) is 0 Å².